The lowest BCUT2D eigenvalue weighted by Crippen LogP contribution is -2.18. The van der Waals surface area contributed by atoms with Crippen molar-refractivity contribution in [2.45, 2.75) is 19.4 Å². The topological polar surface area (TPSA) is 105 Å². The number of carbonyl (C=O) groups is 1. The van der Waals surface area contributed by atoms with Crippen molar-refractivity contribution in [1.29, 1.82) is 0 Å². The molecular weight excluding hydrogens is 160 g/mol. The molecular formula is C6H10N4O2. The lowest BCUT2D eigenvalue weighted by molar-refractivity contribution is 0.0684. The molecule has 1 atom stereocenters. The van der Waals surface area contributed by atoms with Gasteiger partial charge in [0.15, 0.2) is 0 Å². The van der Waals surface area contributed by atoms with E-state index in [1.54, 1.807) is 0 Å². The number of nitrogens with two attached hydrogens (primary N) is 1. The van der Waals surface area contributed by atoms with E-state index >= 15 is 0 Å². The Morgan fingerprint density at radius 1 is 1.83 bits per heavy atom. The van der Waals surface area contributed by atoms with Gasteiger partial charge in [-0.3, -0.25) is 5.10 Å². The second-order valence-electron chi connectivity index (χ2n) is 2.59. The average molecular weight is 170 g/mol. The summed E-state index contributed by atoms with van der Waals surface area (Å²) >= 11 is 0. The maximum atomic E-state index is 10.3. The Morgan fingerprint density at radius 3 is 2.92 bits per heavy atom. The van der Waals surface area contributed by atoms with Crippen LogP contribution in [0.2, 0.25) is 0 Å². The Kier molecular flexibility index (Phi) is 2.39. The predicted octanol–water partition coefficient (Wildman–Crippen LogP) is -0.607. The van der Waals surface area contributed by atoms with Crippen LogP contribution in [0.3, 0.4) is 0 Å². The summed E-state index contributed by atoms with van der Waals surface area (Å²) in [7, 11) is 0. The molecule has 0 bridgehead atoms. The van der Waals surface area contributed by atoms with Gasteiger partial charge in [0.25, 0.3) is 5.82 Å². The van der Waals surface area contributed by atoms with Crippen LogP contribution in [-0.2, 0) is 6.42 Å². The molecule has 0 aromatic carbocycles. The van der Waals surface area contributed by atoms with Gasteiger partial charge in [-0.25, -0.2) is 9.78 Å². The Balaban J connectivity index is 2.71. The van der Waals surface area contributed by atoms with Crippen LogP contribution in [0.1, 0.15) is 23.4 Å². The first kappa shape index (κ1) is 8.66. The predicted molar refractivity (Wildman–Crippen MR) is 40.7 cm³/mol. The van der Waals surface area contributed by atoms with E-state index in [-0.39, 0.29) is 11.9 Å². The minimum Gasteiger partial charge on any atom is -0.475 e. The third-order valence-corrected chi connectivity index (χ3v) is 1.24. The normalized spacial score (nSPS) is 12.8. The van der Waals surface area contributed by atoms with Gasteiger partial charge in [0, 0.05) is 12.5 Å². The Labute approximate surface area is 68.8 Å². The van der Waals surface area contributed by atoms with E-state index in [0.717, 1.165) is 0 Å². The maximum absolute atomic E-state index is 10.3. The van der Waals surface area contributed by atoms with Crippen LogP contribution in [0, 0.1) is 0 Å². The molecule has 0 fully saturated rings. The molecule has 0 saturated carbocycles. The fourth-order valence-electron chi connectivity index (χ4n) is 0.787. The molecule has 0 radical (unpaired) electrons. The van der Waals surface area contributed by atoms with E-state index < -0.39 is 5.97 Å². The molecule has 1 unspecified atom stereocenters. The fourth-order valence-corrected chi connectivity index (χ4v) is 0.787. The van der Waals surface area contributed by atoms with Crippen molar-refractivity contribution in [3.63, 3.8) is 0 Å². The van der Waals surface area contributed by atoms with Crippen LogP contribution in [-0.4, -0.2) is 32.3 Å². The molecule has 0 aliphatic heterocycles. The van der Waals surface area contributed by atoms with Gasteiger partial charge in [-0.05, 0) is 6.92 Å². The van der Waals surface area contributed by atoms with Gasteiger partial charge in [0.2, 0.25) is 0 Å². The molecule has 1 aromatic rings. The molecule has 0 saturated heterocycles. The molecule has 1 rings (SSSR count). The lowest BCUT2D eigenvalue weighted by atomic mass is 10.2. The largest absolute Gasteiger partial charge is 0.475 e. The average Bonchev–Trinajstić information content (AvgIpc) is 2.34. The molecule has 0 spiro atoms. The van der Waals surface area contributed by atoms with E-state index in [0.29, 0.717) is 12.2 Å². The summed E-state index contributed by atoms with van der Waals surface area (Å²) in [6, 6.07) is -0.0559. The third-order valence-electron chi connectivity index (χ3n) is 1.24. The number of aromatic nitrogens is 3. The molecule has 12 heavy (non-hydrogen) atoms. The number of H-pyrrole nitrogens is 1. The summed E-state index contributed by atoms with van der Waals surface area (Å²) in [5.41, 5.74) is 5.47. The smallest absolute Gasteiger partial charge is 0.375 e. The van der Waals surface area contributed by atoms with Gasteiger partial charge in [-0.2, -0.15) is 0 Å². The number of hydrogen-bond donors (Lipinski definition) is 3. The van der Waals surface area contributed by atoms with Crippen molar-refractivity contribution in [1.82, 2.24) is 15.2 Å². The summed E-state index contributed by atoms with van der Waals surface area (Å²) in [5, 5.41) is 14.4. The van der Waals surface area contributed by atoms with Crippen molar-refractivity contribution >= 4 is 5.97 Å². The van der Waals surface area contributed by atoms with Crippen LogP contribution in [0.4, 0.5) is 0 Å². The molecule has 0 amide bonds. The molecule has 1 heterocycles. The summed E-state index contributed by atoms with van der Waals surface area (Å²) in [6.45, 7) is 1.81. The molecule has 66 valence electrons. The quantitative estimate of drug-likeness (QED) is 0.561. The summed E-state index contributed by atoms with van der Waals surface area (Å²) < 4.78 is 0. The third kappa shape index (κ3) is 2.03. The minimum absolute atomic E-state index is 0.0559. The standard InChI is InChI=1S/C6H10N4O2/c1-3(7)2-4-8-5(6(11)12)10-9-4/h3H,2,7H2,1H3,(H,11,12)(H,8,9,10). The van der Waals surface area contributed by atoms with Crippen molar-refractivity contribution in [3.8, 4) is 0 Å². The molecule has 6 nitrogen and oxygen atoms in total. The van der Waals surface area contributed by atoms with Gasteiger partial charge in [-0.15, -0.1) is 5.10 Å². The lowest BCUT2D eigenvalue weighted by Gasteiger charge is -1.98. The highest BCUT2D eigenvalue weighted by Gasteiger charge is 2.10. The van der Waals surface area contributed by atoms with Crippen molar-refractivity contribution in [2.24, 2.45) is 5.73 Å². The molecule has 0 aliphatic carbocycles. The number of nitrogens with zero attached hydrogens (tertiary/aromatic N) is 2. The number of aromatic carboxylic acids is 1. The van der Waals surface area contributed by atoms with Crippen LogP contribution in [0.25, 0.3) is 0 Å². The molecule has 6 heteroatoms. The number of carboxylic acids is 1. The van der Waals surface area contributed by atoms with E-state index in [2.05, 4.69) is 15.2 Å². The maximum Gasteiger partial charge on any atom is 0.375 e. The summed E-state index contributed by atoms with van der Waals surface area (Å²) in [6.07, 6.45) is 0.500. The second-order valence-corrected chi connectivity index (χ2v) is 2.59. The summed E-state index contributed by atoms with van der Waals surface area (Å²) in [5.74, 6) is -0.852. The highest BCUT2D eigenvalue weighted by Crippen LogP contribution is 1.95. The van der Waals surface area contributed by atoms with Gasteiger partial charge >= 0.3 is 5.97 Å². The van der Waals surface area contributed by atoms with Crippen molar-refractivity contribution in [3.05, 3.63) is 11.6 Å². The first-order chi connectivity index (χ1) is 5.59. The number of rotatable bonds is 3. The van der Waals surface area contributed by atoms with Crippen LogP contribution in [0.5, 0.6) is 0 Å². The first-order valence-corrected chi connectivity index (χ1v) is 3.49. The zero-order valence-electron chi connectivity index (χ0n) is 6.61. The molecule has 1 aromatic heterocycles. The zero-order chi connectivity index (χ0) is 9.14. The number of aromatic amines is 1. The van der Waals surface area contributed by atoms with Crippen LogP contribution in [0.15, 0.2) is 0 Å². The van der Waals surface area contributed by atoms with Crippen LogP contribution < -0.4 is 5.73 Å². The minimum atomic E-state index is -1.14. The van der Waals surface area contributed by atoms with Gasteiger partial charge in [-0.1, -0.05) is 0 Å². The highest BCUT2D eigenvalue weighted by molar-refractivity contribution is 5.82. The Hall–Kier alpha value is -1.43. The Bertz CT molecular complexity index is 281. The summed E-state index contributed by atoms with van der Waals surface area (Å²) in [4.78, 5) is 14.0. The van der Waals surface area contributed by atoms with E-state index in [4.69, 9.17) is 10.8 Å². The number of hydrogen-bond acceptors (Lipinski definition) is 4. The van der Waals surface area contributed by atoms with Gasteiger partial charge < -0.3 is 10.8 Å². The SMILES string of the molecule is CC(N)Cc1nc(C(=O)O)n[nH]1. The zero-order valence-corrected chi connectivity index (χ0v) is 6.61. The van der Waals surface area contributed by atoms with E-state index in [9.17, 15) is 4.79 Å². The first-order valence-electron chi connectivity index (χ1n) is 3.49. The monoisotopic (exact) mass is 170 g/mol. The van der Waals surface area contributed by atoms with Gasteiger partial charge in [0.05, 0.1) is 0 Å². The van der Waals surface area contributed by atoms with E-state index in [1.165, 1.54) is 0 Å². The fraction of sp³-hybridized carbons (Fsp3) is 0.500. The van der Waals surface area contributed by atoms with E-state index in [1.807, 2.05) is 6.92 Å². The number of carboxylic acid groups (broad SMARTS) is 1. The number of nitrogens with one attached hydrogen (secondary N) is 1. The second kappa shape index (κ2) is 3.31. The van der Waals surface area contributed by atoms with Crippen molar-refractivity contribution in [2.75, 3.05) is 0 Å². The Morgan fingerprint density at radius 2 is 2.50 bits per heavy atom. The van der Waals surface area contributed by atoms with Crippen molar-refractivity contribution < 1.29 is 9.90 Å². The van der Waals surface area contributed by atoms with Gasteiger partial charge in [0.1, 0.15) is 5.82 Å². The molecule has 4 N–H and O–H groups in total. The molecule has 0 aliphatic rings. The van der Waals surface area contributed by atoms with Crippen LogP contribution >= 0.6 is 0 Å². The highest BCUT2D eigenvalue weighted by atomic mass is 16.4.